The van der Waals surface area contributed by atoms with Crippen molar-refractivity contribution in [2.75, 3.05) is 13.6 Å². The molecule has 0 spiro atoms. The van der Waals surface area contributed by atoms with Crippen molar-refractivity contribution in [1.82, 2.24) is 4.90 Å². The topological polar surface area (TPSA) is 49.5 Å². The summed E-state index contributed by atoms with van der Waals surface area (Å²) in [5.41, 5.74) is 8.37. The average molecular weight is 332 g/mol. The lowest BCUT2D eigenvalue weighted by molar-refractivity contribution is 0.289. The van der Waals surface area contributed by atoms with E-state index in [0.29, 0.717) is 23.4 Å². The maximum absolute atomic E-state index is 14.6. The van der Waals surface area contributed by atoms with Gasteiger partial charge in [-0.2, -0.15) is 0 Å². The Hall–Kier alpha value is -2.07. The number of phenolic OH excluding ortho intramolecular Hbond substituents is 1. The summed E-state index contributed by atoms with van der Waals surface area (Å²) in [5, 5.41) is 10.3. The molecule has 1 unspecified atom stereocenters. The highest BCUT2D eigenvalue weighted by Crippen LogP contribution is 2.36. The summed E-state index contributed by atoms with van der Waals surface area (Å²) in [4.78, 5) is 1.97. The van der Waals surface area contributed by atoms with E-state index in [1.54, 1.807) is 13.0 Å². The highest BCUT2D eigenvalue weighted by molar-refractivity contribution is 5.43. The van der Waals surface area contributed by atoms with Gasteiger partial charge in [0.05, 0.1) is 11.6 Å². The van der Waals surface area contributed by atoms with Crippen molar-refractivity contribution in [3.63, 3.8) is 0 Å². The summed E-state index contributed by atoms with van der Waals surface area (Å²) in [6.45, 7) is 8.14. The molecule has 3 N–H and O–H groups in total. The number of nitrogens with zero attached hydrogens (tertiary/aromatic N) is 1. The van der Waals surface area contributed by atoms with Gasteiger partial charge in [-0.1, -0.05) is 36.8 Å². The Labute approximate surface area is 145 Å². The SMILES string of the molecule is CC/C=C\C=C(/C)C(c1c(O)cc(C)cc1F)N(C)C/C=C(\C)N. The van der Waals surface area contributed by atoms with Gasteiger partial charge in [0.15, 0.2) is 0 Å². The van der Waals surface area contributed by atoms with Gasteiger partial charge < -0.3 is 10.8 Å². The minimum atomic E-state index is -0.398. The van der Waals surface area contributed by atoms with Crippen molar-refractivity contribution in [2.45, 2.75) is 40.2 Å². The van der Waals surface area contributed by atoms with Crippen LogP contribution in [0.5, 0.6) is 5.75 Å². The number of likely N-dealkylation sites (N-methyl/N-ethyl adjacent to an activating group) is 1. The third-order valence-electron chi connectivity index (χ3n) is 3.83. The molecule has 24 heavy (non-hydrogen) atoms. The molecule has 1 atom stereocenters. The first kappa shape index (κ1) is 20.0. The Morgan fingerprint density at radius 1 is 1.38 bits per heavy atom. The van der Waals surface area contributed by atoms with Crippen LogP contribution in [0.25, 0.3) is 0 Å². The summed E-state index contributed by atoms with van der Waals surface area (Å²) in [5.74, 6) is -0.421. The maximum atomic E-state index is 14.6. The van der Waals surface area contributed by atoms with Crippen LogP contribution >= 0.6 is 0 Å². The molecule has 0 aromatic heterocycles. The molecule has 0 aliphatic carbocycles. The molecule has 0 radical (unpaired) electrons. The number of phenols is 1. The molecule has 3 nitrogen and oxygen atoms in total. The quantitative estimate of drug-likeness (QED) is 0.718. The fourth-order valence-electron chi connectivity index (χ4n) is 2.64. The fraction of sp³-hybridized carbons (Fsp3) is 0.400. The van der Waals surface area contributed by atoms with Crippen molar-refractivity contribution < 1.29 is 9.50 Å². The van der Waals surface area contributed by atoms with E-state index >= 15 is 0 Å². The molecular formula is C20H29FN2O. The molecule has 1 aromatic rings. The monoisotopic (exact) mass is 332 g/mol. The van der Waals surface area contributed by atoms with Gasteiger partial charge in [-0.3, -0.25) is 4.90 Å². The Kier molecular flexibility index (Phi) is 7.72. The highest BCUT2D eigenvalue weighted by Gasteiger charge is 2.25. The molecular weight excluding hydrogens is 303 g/mol. The van der Waals surface area contributed by atoms with Crippen molar-refractivity contribution in [1.29, 1.82) is 0 Å². The summed E-state index contributed by atoms with van der Waals surface area (Å²) >= 11 is 0. The number of halogens is 1. The molecule has 0 aliphatic heterocycles. The molecule has 0 aliphatic rings. The van der Waals surface area contributed by atoms with Crippen molar-refractivity contribution in [2.24, 2.45) is 5.73 Å². The molecule has 1 rings (SSSR count). The van der Waals surface area contributed by atoms with Crippen LogP contribution < -0.4 is 5.73 Å². The molecule has 0 saturated carbocycles. The van der Waals surface area contributed by atoms with E-state index in [0.717, 1.165) is 12.0 Å². The number of allylic oxidation sites excluding steroid dienone is 4. The van der Waals surface area contributed by atoms with Crippen LogP contribution in [-0.2, 0) is 0 Å². The third-order valence-corrected chi connectivity index (χ3v) is 3.83. The van der Waals surface area contributed by atoms with Crippen LogP contribution in [0, 0.1) is 12.7 Å². The first-order valence-corrected chi connectivity index (χ1v) is 8.22. The maximum Gasteiger partial charge on any atom is 0.132 e. The molecule has 0 fully saturated rings. The zero-order valence-electron chi connectivity index (χ0n) is 15.3. The number of nitrogens with two attached hydrogens (primary N) is 1. The van der Waals surface area contributed by atoms with Gasteiger partial charge >= 0.3 is 0 Å². The van der Waals surface area contributed by atoms with E-state index in [2.05, 4.69) is 6.92 Å². The van der Waals surface area contributed by atoms with E-state index < -0.39 is 5.82 Å². The predicted octanol–water partition coefficient (Wildman–Crippen LogP) is 4.59. The first-order valence-electron chi connectivity index (χ1n) is 8.22. The van der Waals surface area contributed by atoms with E-state index in [1.807, 2.05) is 50.1 Å². The zero-order chi connectivity index (χ0) is 18.3. The predicted molar refractivity (Wildman–Crippen MR) is 99.3 cm³/mol. The summed E-state index contributed by atoms with van der Waals surface area (Å²) in [7, 11) is 1.89. The first-order chi connectivity index (χ1) is 11.3. The third kappa shape index (κ3) is 5.53. The van der Waals surface area contributed by atoms with Crippen LogP contribution in [0.4, 0.5) is 4.39 Å². The highest BCUT2D eigenvalue weighted by atomic mass is 19.1. The lowest BCUT2D eigenvalue weighted by atomic mass is 9.95. The van der Waals surface area contributed by atoms with Gasteiger partial charge in [-0.15, -0.1) is 0 Å². The Bertz CT molecular complexity index is 620. The van der Waals surface area contributed by atoms with Crippen molar-refractivity contribution in [3.05, 3.63) is 64.7 Å². The number of hydrogen-bond donors (Lipinski definition) is 2. The van der Waals surface area contributed by atoms with Crippen molar-refractivity contribution >= 4 is 0 Å². The normalized spacial score (nSPS) is 14.6. The van der Waals surface area contributed by atoms with Crippen LogP contribution in [0.3, 0.4) is 0 Å². The van der Waals surface area contributed by atoms with E-state index in [4.69, 9.17) is 5.73 Å². The van der Waals surface area contributed by atoms with Crippen LogP contribution in [0.15, 0.2) is 47.7 Å². The van der Waals surface area contributed by atoms with E-state index in [9.17, 15) is 9.50 Å². The molecule has 0 saturated heterocycles. The summed E-state index contributed by atoms with van der Waals surface area (Å²) in [6, 6.07) is 2.68. The van der Waals surface area contributed by atoms with Crippen LogP contribution in [0.2, 0.25) is 0 Å². The molecule has 0 heterocycles. The minimum Gasteiger partial charge on any atom is -0.507 e. The van der Waals surface area contributed by atoms with Gasteiger partial charge in [0.2, 0.25) is 0 Å². The van der Waals surface area contributed by atoms with Gasteiger partial charge in [-0.05, 0) is 51.9 Å². The minimum absolute atomic E-state index is 0.0231. The Morgan fingerprint density at radius 2 is 2.04 bits per heavy atom. The standard InChI is InChI=1S/C20H29FN2O/c1-6-7-8-9-15(3)20(23(5)11-10-16(4)22)19-17(21)12-14(2)13-18(19)24/h7-10,12-13,20,24H,6,11,22H2,1-5H3/b8-7-,15-9+,16-10+. The smallest absolute Gasteiger partial charge is 0.132 e. The van der Waals surface area contributed by atoms with Crippen LogP contribution in [0.1, 0.15) is 44.4 Å². The molecule has 1 aromatic carbocycles. The number of aromatic hydroxyl groups is 1. The Balaban J connectivity index is 3.35. The number of benzene rings is 1. The van der Waals surface area contributed by atoms with Gasteiger partial charge in [0.1, 0.15) is 11.6 Å². The lowest BCUT2D eigenvalue weighted by Crippen LogP contribution is -2.27. The zero-order valence-corrected chi connectivity index (χ0v) is 15.3. The van der Waals surface area contributed by atoms with Gasteiger partial charge in [0.25, 0.3) is 0 Å². The lowest BCUT2D eigenvalue weighted by Gasteiger charge is -2.29. The molecule has 132 valence electrons. The second-order valence-corrected chi connectivity index (χ2v) is 6.22. The summed E-state index contributed by atoms with van der Waals surface area (Å²) in [6.07, 6.45) is 8.77. The van der Waals surface area contributed by atoms with Gasteiger partial charge in [0, 0.05) is 12.2 Å². The number of rotatable bonds is 7. The van der Waals surface area contributed by atoms with Gasteiger partial charge in [-0.25, -0.2) is 4.39 Å². The van der Waals surface area contributed by atoms with Crippen LogP contribution in [-0.4, -0.2) is 23.6 Å². The fourth-order valence-corrected chi connectivity index (χ4v) is 2.64. The molecule has 0 bridgehead atoms. The number of aryl methyl sites for hydroxylation is 1. The Morgan fingerprint density at radius 3 is 2.58 bits per heavy atom. The second-order valence-electron chi connectivity index (χ2n) is 6.22. The average Bonchev–Trinajstić information content (AvgIpc) is 2.48. The van der Waals surface area contributed by atoms with Crippen molar-refractivity contribution in [3.8, 4) is 5.75 Å². The molecule has 4 heteroatoms. The molecule has 0 amide bonds. The van der Waals surface area contributed by atoms with E-state index in [1.165, 1.54) is 6.07 Å². The van der Waals surface area contributed by atoms with E-state index in [-0.39, 0.29) is 11.8 Å². The number of hydrogen-bond acceptors (Lipinski definition) is 3. The summed E-state index contributed by atoms with van der Waals surface area (Å²) < 4.78 is 14.6. The second kappa shape index (κ2) is 9.28. The largest absolute Gasteiger partial charge is 0.507 e.